The molecule has 0 aromatic carbocycles. The summed E-state index contributed by atoms with van der Waals surface area (Å²) in [6.07, 6.45) is 2.86. The van der Waals surface area contributed by atoms with Crippen molar-refractivity contribution >= 4 is 20.0 Å². The average molecular weight is 368 g/mol. The van der Waals surface area contributed by atoms with Gasteiger partial charge in [0.25, 0.3) is 0 Å². The summed E-state index contributed by atoms with van der Waals surface area (Å²) >= 11 is 0. The van der Waals surface area contributed by atoms with Gasteiger partial charge in [-0.1, -0.05) is 20.8 Å². The smallest absolute Gasteiger partial charge is 0.351 e. The number of rotatable bonds is 5. The lowest BCUT2D eigenvalue weighted by atomic mass is 10.2. The number of anilines is 1. The van der Waals surface area contributed by atoms with Crippen LogP contribution in [-0.4, -0.2) is 36.5 Å². The van der Waals surface area contributed by atoms with E-state index < -0.39 is 14.0 Å². The summed E-state index contributed by atoms with van der Waals surface area (Å²) in [5.41, 5.74) is -0.429. The predicted octanol–water partition coefficient (Wildman–Crippen LogP) is 2.90. The highest BCUT2D eigenvalue weighted by molar-refractivity contribution is 6.74. The number of nitrogens with one attached hydrogen (secondary N) is 1. The fourth-order valence-electron chi connectivity index (χ4n) is 2.41. The number of nitrogens with zero attached hydrogens (tertiary/aromatic N) is 2. The summed E-state index contributed by atoms with van der Waals surface area (Å²) < 4.78 is 13.7. The Bertz CT molecular complexity index is 681. The number of aromatic nitrogens is 2. The van der Waals surface area contributed by atoms with Gasteiger partial charge in [0.15, 0.2) is 8.32 Å². The molecule has 1 aliphatic heterocycles. The molecule has 0 saturated carbocycles. The van der Waals surface area contributed by atoms with Crippen LogP contribution in [0, 0.1) is 0 Å². The lowest BCUT2D eigenvalue weighted by molar-refractivity contribution is -0.114. The fraction of sp³-hybridized carbons (Fsp3) is 0.706. The number of hydrogen-bond acceptors (Lipinski definition) is 5. The zero-order valence-electron chi connectivity index (χ0n) is 16.0. The Labute approximate surface area is 149 Å². The first kappa shape index (κ1) is 19.8. The minimum Gasteiger partial charge on any atom is -0.414 e. The van der Waals surface area contributed by atoms with E-state index >= 15 is 0 Å². The van der Waals surface area contributed by atoms with Crippen LogP contribution < -0.4 is 11.0 Å². The lowest BCUT2D eigenvalue weighted by Crippen LogP contribution is -2.42. The van der Waals surface area contributed by atoms with Gasteiger partial charge in [0, 0.05) is 13.1 Å². The van der Waals surface area contributed by atoms with Gasteiger partial charge in [-0.05, 0) is 37.0 Å². The van der Waals surface area contributed by atoms with E-state index in [1.807, 2.05) is 0 Å². The van der Waals surface area contributed by atoms with E-state index in [-0.39, 0.29) is 29.1 Å². The van der Waals surface area contributed by atoms with Crippen molar-refractivity contribution in [2.45, 2.75) is 71.0 Å². The minimum atomic E-state index is -1.81. The fourth-order valence-corrected chi connectivity index (χ4v) is 3.45. The highest BCUT2D eigenvalue weighted by atomic mass is 28.4. The molecule has 1 aliphatic rings. The average Bonchev–Trinajstić information content (AvgIpc) is 2.92. The van der Waals surface area contributed by atoms with Crippen molar-refractivity contribution in [1.82, 2.24) is 9.55 Å². The third-order valence-electron chi connectivity index (χ3n) is 4.97. The van der Waals surface area contributed by atoms with E-state index in [0.29, 0.717) is 6.61 Å². The van der Waals surface area contributed by atoms with Crippen molar-refractivity contribution < 1.29 is 14.0 Å². The van der Waals surface area contributed by atoms with Crippen LogP contribution in [0.15, 0.2) is 17.1 Å². The lowest BCUT2D eigenvalue weighted by Gasteiger charge is -2.36. The minimum absolute atomic E-state index is 0.0129. The van der Waals surface area contributed by atoms with Crippen molar-refractivity contribution in [3.05, 3.63) is 22.7 Å². The second-order valence-corrected chi connectivity index (χ2v) is 12.9. The normalized spacial score (nSPS) is 21.4. The Hall–Kier alpha value is -1.51. The van der Waals surface area contributed by atoms with Crippen molar-refractivity contribution in [1.29, 1.82) is 0 Å². The van der Waals surface area contributed by atoms with E-state index in [2.05, 4.69) is 44.2 Å². The van der Waals surface area contributed by atoms with Crippen molar-refractivity contribution in [3.8, 4) is 0 Å². The van der Waals surface area contributed by atoms with Gasteiger partial charge < -0.3 is 14.5 Å². The number of carbonyl (C=O) groups excluding carboxylic acids is 1. The monoisotopic (exact) mass is 367 g/mol. The summed E-state index contributed by atoms with van der Waals surface area (Å²) in [5.74, 6) is -0.00540. The molecule has 1 fully saturated rings. The van der Waals surface area contributed by atoms with Gasteiger partial charge in [-0.15, -0.1) is 0 Å². The summed E-state index contributed by atoms with van der Waals surface area (Å²) in [6, 6.07) is 1.60. The van der Waals surface area contributed by atoms with E-state index in [1.54, 1.807) is 12.3 Å². The van der Waals surface area contributed by atoms with Crippen molar-refractivity contribution in [2.75, 3.05) is 11.9 Å². The molecular formula is C17H29N3O4Si. The van der Waals surface area contributed by atoms with Gasteiger partial charge >= 0.3 is 5.69 Å². The summed E-state index contributed by atoms with van der Waals surface area (Å²) in [7, 11) is -1.81. The zero-order valence-corrected chi connectivity index (χ0v) is 17.0. The van der Waals surface area contributed by atoms with E-state index in [0.717, 1.165) is 12.8 Å². The van der Waals surface area contributed by atoms with Crippen LogP contribution >= 0.6 is 0 Å². The molecule has 0 aliphatic carbocycles. The SMILES string of the molecule is CC(=O)Nc1ccn([C@H]2CC[C@@H](CO[Si](C)(C)C(C)(C)C)O2)c(=O)n1. The Morgan fingerprint density at radius 2 is 2.12 bits per heavy atom. The molecule has 1 amide bonds. The van der Waals surface area contributed by atoms with Crippen LogP contribution in [0.5, 0.6) is 0 Å². The maximum atomic E-state index is 12.2. The summed E-state index contributed by atoms with van der Waals surface area (Å²) in [6.45, 7) is 13.0. The topological polar surface area (TPSA) is 82.5 Å². The molecule has 1 aromatic rings. The van der Waals surface area contributed by atoms with Gasteiger partial charge in [-0.2, -0.15) is 4.98 Å². The van der Waals surface area contributed by atoms with Gasteiger partial charge in [0.05, 0.1) is 12.7 Å². The Morgan fingerprint density at radius 3 is 2.68 bits per heavy atom. The zero-order chi connectivity index (χ0) is 18.8. The Balaban J connectivity index is 1.97. The van der Waals surface area contributed by atoms with Gasteiger partial charge in [-0.25, -0.2) is 4.79 Å². The van der Waals surface area contributed by atoms with Gasteiger partial charge in [0.1, 0.15) is 12.0 Å². The summed E-state index contributed by atoms with van der Waals surface area (Å²) in [5, 5.41) is 2.66. The second kappa shape index (κ2) is 7.39. The molecule has 1 saturated heterocycles. The first-order chi connectivity index (χ1) is 11.5. The Morgan fingerprint density at radius 1 is 1.44 bits per heavy atom. The molecule has 1 aromatic heterocycles. The standard InChI is InChI=1S/C17H29N3O4Si/c1-12(21)18-14-9-10-20(16(22)19-14)15-8-7-13(24-15)11-23-25(5,6)17(2,3)4/h9-10,13,15H,7-8,11H2,1-6H3,(H,18,19,21,22)/t13-,15+/m0/s1. The molecule has 2 heterocycles. The molecule has 0 radical (unpaired) electrons. The van der Waals surface area contributed by atoms with Gasteiger partial charge in [0.2, 0.25) is 5.91 Å². The molecule has 2 rings (SSSR count). The van der Waals surface area contributed by atoms with Crippen LogP contribution in [0.4, 0.5) is 5.82 Å². The Kier molecular flexibility index (Phi) is 5.85. The third kappa shape index (κ3) is 4.99. The molecule has 25 heavy (non-hydrogen) atoms. The van der Waals surface area contributed by atoms with Crippen LogP contribution in [0.3, 0.4) is 0 Å². The number of ether oxygens (including phenoxy) is 1. The number of amides is 1. The molecule has 0 unspecified atom stereocenters. The molecule has 8 heteroatoms. The van der Waals surface area contributed by atoms with Crippen LogP contribution in [0.25, 0.3) is 0 Å². The highest BCUT2D eigenvalue weighted by Crippen LogP contribution is 2.37. The first-order valence-corrected chi connectivity index (χ1v) is 11.6. The predicted molar refractivity (Wildman–Crippen MR) is 99.1 cm³/mol. The largest absolute Gasteiger partial charge is 0.414 e. The molecule has 1 N–H and O–H groups in total. The second-order valence-electron chi connectivity index (χ2n) is 8.05. The molecule has 0 spiro atoms. The molecule has 2 atom stereocenters. The van der Waals surface area contributed by atoms with Crippen LogP contribution in [0.1, 0.15) is 46.8 Å². The molecule has 7 nitrogen and oxygen atoms in total. The molecular weight excluding hydrogens is 338 g/mol. The molecule has 0 bridgehead atoms. The van der Waals surface area contributed by atoms with E-state index in [9.17, 15) is 9.59 Å². The highest BCUT2D eigenvalue weighted by Gasteiger charge is 2.38. The first-order valence-electron chi connectivity index (χ1n) is 8.66. The van der Waals surface area contributed by atoms with Gasteiger partial charge in [-0.3, -0.25) is 9.36 Å². The third-order valence-corrected chi connectivity index (χ3v) is 9.47. The quantitative estimate of drug-likeness (QED) is 0.809. The molecule has 140 valence electrons. The maximum Gasteiger partial charge on any atom is 0.351 e. The van der Waals surface area contributed by atoms with E-state index in [1.165, 1.54) is 11.5 Å². The maximum absolute atomic E-state index is 12.2. The number of carbonyl (C=O) groups is 1. The van der Waals surface area contributed by atoms with Crippen molar-refractivity contribution in [2.24, 2.45) is 0 Å². The van der Waals surface area contributed by atoms with Crippen LogP contribution in [-0.2, 0) is 14.0 Å². The van der Waals surface area contributed by atoms with E-state index in [4.69, 9.17) is 9.16 Å². The van der Waals surface area contributed by atoms with Crippen molar-refractivity contribution in [3.63, 3.8) is 0 Å². The number of hydrogen-bond donors (Lipinski definition) is 1. The van der Waals surface area contributed by atoms with Crippen LogP contribution in [0.2, 0.25) is 18.1 Å². The summed E-state index contributed by atoms with van der Waals surface area (Å²) in [4.78, 5) is 27.1.